The maximum Gasteiger partial charge on any atom is 0.246 e. The zero-order valence-electron chi connectivity index (χ0n) is 12.7. The van der Waals surface area contributed by atoms with Crippen LogP contribution in [0.2, 0.25) is 5.02 Å². The highest BCUT2D eigenvalue weighted by atomic mass is 35.5. The summed E-state index contributed by atoms with van der Waals surface area (Å²) >= 11 is 7.60. The summed E-state index contributed by atoms with van der Waals surface area (Å²) in [6.07, 6.45) is 1.38. The van der Waals surface area contributed by atoms with E-state index >= 15 is 0 Å². The molecule has 0 saturated carbocycles. The molecule has 2 amide bonds. The van der Waals surface area contributed by atoms with Crippen molar-refractivity contribution >= 4 is 35.2 Å². The van der Waals surface area contributed by atoms with Crippen molar-refractivity contribution in [2.75, 3.05) is 12.8 Å². The number of nitrogens with zero attached hydrogens (tertiary/aromatic N) is 2. The standard InChI is InChI=1S/C16H19ClN2O2S/c1-16-8-7-14(20)19(16)13(10-22-16)15(21)18(2)9-11-3-5-12(17)6-4-11/h3-6,13H,7-10H2,1-2H3. The first-order valence-electron chi connectivity index (χ1n) is 7.36. The van der Waals surface area contributed by atoms with Crippen LogP contribution in [0.4, 0.5) is 0 Å². The molecular weight excluding hydrogens is 320 g/mol. The second-order valence-corrected chi connectivity index (χ2v) is 8.02. The normalized spacial score (nSPS) is 27.1. The van der Waals surface area contributed by atoms with Gasteiger partial charge in [0.25, 0.3) is 0 Å². The third-order valence-electron chi connectivity index (χ3n) is 4.44. The first-order valence-corrected chi connectivity index (χ1v) is 8.73. The van der Waals surface area contributed by atoms with Gasteiger partial charge in [0.1, 0.15) is 6.04 Å². The number of benzene rings is 1. The molecule has 22 heavy (non-hydrogen) atoms. The Morgan fingerprint density at radius 3 is 2.82 bits per heavy atom. The van der Waals surface area contributed by atoms with Gasteiger partial charge >= 0.3 is 0 Å². The van der Waals surface area contributed by atoms with Crippen LogP contribution in [0.15, 0.2) is 24.3 Å². The van der Waals surface area contributed by atoms with Crippen molar-refractivity contribution in [2.45, 2.75) is 37.2 Å². The average Bonchev–Trinajstić information content (AvgIpc) is 2.98. The lowest BCUT2D eigenvalue weighted by Gasteiger charge is -2.32. The molecule has 6 heteroatoms. The monoisotopic (exact) mass is 338 g/mol. The highest BCUT2D eigenvalue weighted by Gasteiger charge is 2.53. The Hall–Kier alpha value is -1.20. The quantitative estimate of drug-likeness (QED) is 0.851. The van der Waals surface area contributed by atoms with Crippen LogP contribution < -0.4 is 0 Å². The van der Waals surface area contributed by atoms with E-state index in [1.165, 1.54) is 0 Å². The minimum Gasteiger partial charge on any atom is -0.340 e. The molecule has 2 unspecified atom stereocenters. The molecule has 2 heterocycles. The fraction of sp³-hybridized carbons (Fsp3) is 0.500. The molecule has 1 aromatic carbocycles. The Kier molecular flexibility index (Phi) is 4.12. The summed E-state index contributed by atoms with van der Waals surface area (Å²) < 4.78 is 0. The van der Waals surface area contributed by atoms with E-state index in [1.807, 2.05) is 24.3 Å². The van der Waals surface area contributed by atoms with Crippen LogP contribution in [0.5, 0.6) is 0 Å². The average molecular weight is 339 g/mol. The summed E-state index contributed by atoms with van der Waals surface area (Å²) in [6.45, 7) is 2.59. The van der Waals surface area contributed by atoms with Crippen LogP contribution in [0, 0.1) is 0 Å². The van der Waals surface area contributed by atoms with E-state index in [0.29, 0.717) is 23.7 Å². The summed E-state index contributed by atoms with van der Waals surface area (Å²) in [6, 6.07) is 7.15. The highest BCUT2D eigenvalue weighted by molar-refractivity contribution is 8.01. The molecule has 0 aromatic heterocycles. The highest BCUT2D eigenvalue weighted by Crippen LogP contribution is 2.47. The molecule has 0 radical (unpaired) electrons. The number of carbonyl (C=O) groups excluding carboxylic acids is 2. The molecule has 0 aliphatic carbocycles. The topological polar surface area (TPSA) is 40.6 Å². The summed E-state index contributed by atoms with van der Waals surface area (Å²) in [7, 11) is 1.79. The van der Waals surface area contributed by atoms with Gasteiger partial charge < -0.3 is 9.80 Å². The van der Waals surface area contributed by atoms with E-state index in [2.05, 4.69) is 6.92 Å². The van der Waals surface area contributed by atoms with E-state index in [9.17, 15) is 9.59 Å². The number of fused-ring (bicyclic) bond motifs is 1. The fourth-order valence-electron chi connectivity index (χ4n) is 3.20. The lowest BCUT2D eigenvalue weighted by atomic mass is 10.1. The summed E-state index contributed by atoms with van der Waals surface area (Å²) in [5.74, 6) is 0.804. The van der Waals surface area contributed by atoms with Gasteiger partial charge in [0.2, 0.25) is 11.8 Å². The Balaban J connectivity index is 1.71. The van der Waals surface area contributed by atoms with Gasteiger partial charge in [-0.25, -0.2) is 0 Å². The SMILES string of the molecule is CN(Cc1ccc(Cl)cc1)C(=O)C1CSC2(C)CCC(=O)N12. The second kappa shape index (κ2) is 5.78. The molecule has 0 spiro atoms. The van der Waals surface area contributed by atoms with Gasteiger partial charge in [-0.15, -0.1) is 11.8 Å². The molecule has 4 nitrogen and oxygen atoms in total. The van der Waals surface area contributed by atoms with Gasteiger partial charge in [-0.2, -0.15) is 0 Å². The Bertz CT molecular complexity index is 607. The van der Waals surface area contributed by atoms with Crippen LogP contribution in [-0.2, 0) is 16.1 Å². The van der Waals surface area contributed by atoms with Crippen molar-refractivity contribution in [2.24, 2.45) is 0 Å². The lowest BCUT2D eigenvalue weighted by molar-refractivity contribution is -0.143. The minimum atomic E-state index is -0.331. The summed E-state index contributed by atoms with van der Waals surface area (Å²) in [5.41, 5.74) is 1.03. The largest absolute Gasteiger partial charge is 0.340 e. The van der Waals surface area contributed by atoms with E-state index in [0.717, 1.165) is 12.0 Å². The molecule has 2 atom stereocenters. The Labute approximate surface area is 139 Å². The number of halogens is 1. The number of hydrogen-bond acceptors (Lipinski definition) is 3. The number of rotatable bonds is 3. The number of likely N-dealkylation sites (N-methyl/N-ethyl adjacent to an activating group) is 1. The number of carbonyl (C=O) groups is 2. The molecule has 118 valence electrons. The van der Waals surface area contributed by atoms with Crippen molar-refractivity contribution in [1.82, 2.24) is 9.80 Å². The van der Waals surface area contributed by atoms with Crippen LogP contribution in [0.1, 0.15) is 25.3 Å². The third kappa shape index (κ3) is 2.72. The number of thioether (sulfide) groups is 1. The zero-order valence-corrected chi connectivity index (χ0v) is 14.3. The molecular formula is C16H19ClN2O2S. The van der Waals surface area contributed by atoms with Crippen LogP contribution in [-0.4, -0.2) is 45.3 Å². The smallest absolute Gasteiger partial charge is 0.246 e. The second-order valence-electron chi connectivity index (χ2n) is 6.09. The lowest BCUT2D eigenvalue weighted by Crippen LogP contribution is -2.50. The number of hydrogen-bond donors (Lipinski definition) is 0. The van der Waals surface area contributed by atoms with Gasteiger partial charge in [0.05, 0.1) is 4.87 Å². The van der Waals surface area contributed by atoms with Gasteiger partial charge in [-0.1, -0.05) is 23.7 Å². The first kappa shape index (κ1) is 15.7. The van der Waals surface area contributed by atoms with Gasteiger partial charge in [-0.3, -0.25) is 9.59 Å². The van der Waals surface area contributed by atoms with E-state index in [4.69, 9.17) is 11.6 Å². The molecule has 1 aromatic rings. The molecule has 2 aliphatic rings. The molecule has 0 N–H and O–H groups in total. The Morgan fingerprint density at radius 2 is 2.14 bits per heavy atom. The molecule has 3 rings (SSSR count). The molecule has 2 saturated heterocycles. The van der Waals surface area contributed by atoms with Crippen LogP contribution >= 0.6 is 23.4 Å². The zero-order chi connectivity index (χ0) is 15.9. The maximum atomic E-state index is 12.7. The molecule has 2 aliphatic heterocycles. The minimum absolute atomic E-state index is 0.0152. The van der Waals surface area contributed by atoms with E-state index in [1.54, 1.807) is 28.6 Å². The summed E-state index contributed by atoms with van der Waals surface area (Å²) in [4.78, 5) is 28.2. The van der Waals surface area contributed by atoms with Crippen molar-refractivity contribution < 1.29 is 9.59 Å². The predicted octanol–water partition coefficient (Wildman–Crippen LogP) is 2.75. The van der Waals surface area contributed by atoms with Crippen molar-refractivity contribution in [1.29, 1.82) is 0 Å². The van der Waals surface area contributed by atoms with Crippen molar-refractivity contribution in [3.8, 4) is 0 Å². The summed E-state index contributed by atoms with van der Waals surface area (Å²) in [5, 5.41) is 0.684. The molecule has 2 fully saturated rings. The van der Waals surface area contributed by atoms with E-state index < -0.39 is 0 Å². The maximum absolute atomic E-state index is 12.7. The van der Waals surface area contributed by atoms with Crippen LogP contribution in [0.25, 0.3) is 0 Å². The van der Waals surface area contributed by atoms with Crippen LogP contribution in [0.3, 0.4) is 0 Å². The van der Waals surface area contributed by atoms with E-state index in [-0.39, 0.29) is 22.7 Å². The third-order valence-corrected chi connectivity index (χ3v) is 6.20. The fourth-order valence-corrected chi connectivity index (χ4v) is 4.75. The number of amides is 2. The van der Waals surface area contributed by atoms with Gasteiger partial charge in [0, 0.05) is 30.8 Å². The molecule has 0 bridgehead atoms. The first-order chi connectivity index (χ1) is 10.4. The van der Waals surface area contributed by atoms with Gasteiger partial charge in [0.15, 0.2) is 0 Å². The van der Waals surface area contributed by atoms with Crippen molar-refractivity contribution in [3.05, 3.63) is 34.9 Å². The van der Waals surface area contributed by atoms with Gasteiger partial charge in [-0.05, 0) is 31.0 Å². The van der Waals surface area contributed by atoms with Crippen molar-refractivity contribution in [3.63, 3.8) is 0 Å². The Morgan fingerprint density at radius 1 is 1.45 bits per heavy atom. The predicted molar refractivity (Wildman–Crippen MR) is 88.7 cm³/mol.